The van der Waals surface area contributed by atoms with Gasteiger partial charge in [-0.15, -0.1) is 0 Å². The van der Waals surface area contributed by atoms with E-state index in [-0.39, 0.29) is 11.6 Å². The summed E-state index contributed by atoms with van der Waals surface area (Å²) in [6.45, 7) is 0. The molecule has 2 aliphatic carbocycles. The number of hydrogen-bond donors (Lipinski definition) is 1. The lowest BCUT2D eigenvalue weighted by molar-refractivity contribution is -0.0460. The molecule has 0 amide bonds. The van der Waals surface area contributed by atoms with Crippen molar-refractivity contribution in [2.75, 3.05) is 7.11 Å². The molecular weight excluding hydrogens is 222 g/mol. The molecule has 1 atom stereocenters. The number of nitrogens with two attached hydrogens (primary N) is 1. The Labute approximate surface area is 113 Å². The predicted molar refractivity (Wildman–Crippen MR) is 76.6 cm³/mol. The standard InChI is InChI=1S/C16H31NO/c1-18-16(12-6-2-3-7-13-16)15(17)11-10-14-8-4-5-9-14/h14-15H,2-13,17H2,1H3. The van der Waals surface area contributed by atoms with E-state index >= 15 is 0 Å². The van der Waals surface area contributed by atoms with Crippen LogP contribution in [-0.4, -0.2) is 18.8 Å². The molecule has 1 unspecified atom stereocenters. The molecule has 106 valence electrons. The summed E-state index contributed by atoms with van der Waals surface area (Å²) >= 11 is 0. The van der Waals surface area contributed by atoms with Gasteiger partial charge in [-0.25, -0.2) is 0 Å². The average Bonchev–Trinajstić information content (AvgIpc) is 2.79. The lowest BCUT2D eigenvalue weighted by Crippen LogP contribution is -2.49. The van der Waals surface area contributed by atoms with Crippen molar-refractivity contribution in [2.45, 2.75) is 88.7 Å². The molecule has 2 N–H and O–H groups in total. The quantitative estimate of drug-likeness (QED) is 0.751. The molecule has 2 aliphatic rings. The van der Waals surface area contributed by atoms with Crippen LogP contribution in [0, 0.1) is 5.92 Å². The van der Waals surface area contributed by atoms with Crippen molar-refractivity contribution < 1.29 is 4.74 Å². The number of rotatable bonds is 5. The zero-order chi connectivity index (χ0) is 12.8. The van der Waals surface area contributed by atoms with Crippen LogP contribution < -0.4 is 5.73 Å². The van der Waals surface area contributed by atoms with Crippen LogP contribution in [0.25, 0.3) is 0 Å². The minimum Gasteiger partial charge on any atom is -0.377 e. The van der Waals surface area contributed by atoms with Gasteiger partial charge in [0.2, 0.25) is 0 Å². The first-order valence-corrected chi connectivity index (χ1v) is 8.07. The Morgan fingerprint density at radius 1 is 1.06 bits per heavy atom. The molecule has 2 nitrogen and oxygen atoms in total. The highest BCUT2D eigenvalue weighted by molar-refractivity contribution is 4.93. The van der Waals surface area contributed by atoms with Gasteiger partial charge >= 0.3 is 0 Å². The van der Waals surface area contributed by atoms with Crippen LogP contribution in [0.15, 0.2) is 0 Å². The largest absolute Gasteiger partial charge is 0.377 e. The highest BCUT2D eigenvalue weighted by atomic mass is 16.5. The third kappa shape index (κ3) is 3.48. The summed E-state index contributed by atoms with van der Waals surface area (Å²) in [5.41, 5.74) is 6.51. The van der Waals surface area contributed by atoms with Crippen molar-refractivity contribution in [3.63, 3.8) is 0 Å². The Hall–Kier alpha value is -0.0800. The van der Waals surface area contributed by atoms with Gasteiger partial charge < -0.3 is 10.5 Å². The van der Waals surface area contributed by atoms with E-state index in [0.29, 0.717) is 0 Å². The fraction of sp³-hybridized carbons (Fsp3) is 1.00. The summed E-state index contributed by atoms with van der Waals surface area (Å²) in [6, 6.07) is 0.251. The number of methoxy groups -OCH3 is 1. The highest BCUT2D eigenvalue weighted by Crippen LogP contribution is 2.36. The van der Waals surface area contributed by atoms with Gasteiger partial charge in [0.05, 0.1) is 5.60 Å². The van der Waals surface area contributed by atoms with Gasteiger partial charge in [-0.05, 0) is 31.6 Å². The van der Waals surface area contributed by atoms with E-state index in [9.17, 15) is 0 Å². The summed E-state index contributed by atoms with van der Waals surface area (Å²) in [4.78, 5) is 0. The first kappa shape index (κ1) is 14.3. The van der Waals surface area contributed by atoms with Gasteiger partial charge in [0.25, 0.3) is 0 Å². The van der Waals surface area contributed by atoms with Gasteiger partial charge in [0.1, 0.15) is 0 Å². The lowest BCUT2D eigenvalue weighted by Gasteiger charge is -2.37. The summed E-state index contributed by atoms with van der Waals surface area (Å²) < 4.78 is 5.91. The molecule has 2 fully saturated rings. The smallest absolute Gasteiger partial charge is 0.0828 e. The molecular formula is C16H31NO. The molecule has 2 heteroatoms. The Morgan fingerprint density at radius 2 is 1.67 bits per heavy atom. The van der Waals surface area contributed by atoms with E-state index in [1.807, 2.05) is 7.11 Å². The summed E-state index contributed by atoms with van der Waals surface area (Å²) in [5.74, 6) is 0.954. The van der Waals surface area contributed by atoms with E-state index in [0.717, 1.165) is 5.92 Å². The molecule has 0 heterocycles. The lowest BCUT2D eigenvalue weighted by atomic mass is 9.82. The first-order chi connectivity index (χ1) is 8.77. The zero-order valence-electron chi connectivity index (χ0n) is 12.1. The van der Waals surface area contributed by atoms with Crippen molar-refractivity contribution in [1.82, 2.24) is 0 Å². The molecule has 0 spiro atoms. The van der Waals surface area contributed by atoms with E-state index in [2.05, 4.69) is 0 Å². The molecule has 2 rings (SSSR count). The Kier molecular flexibility index (Phi) is 5.50. The average molecular weight is 253 g/mol. The zero-order valence-corrected chi connectivity index (χ0v) is 12.1. The van der Waals surface area contributed by atoms with Crippen LogP contribution in [0.4, 0.5) is 0 Å². The van der Waals surface area contributed by atoms with Gasteiger partial charge in [0.15, 0.2) is 0 Å². The van der Waals surface area contributed by atoms with Crippen molar-refractivity contribution in [3.05, 3.63) is 0 Å². The summed E-state index contributed by atoms with van der Waals surface area (Å²) in [6.07, 6.45) is 15.9. The molecule has 2 saturated carbocycles. The maximum Gasteiger partial charge on any atom is 0.0828 e. The van der Waals surface area contributed by atoms with Gasteiger partial charge in [-0.3, -0.25) is 0 Å². The van der Waals surface area contributed by atoms with Gasteiger partial charge in [0, 0.05) is 13.2 Å². The summed E-state index contributed by atoms with van der Waals surface area (Å²) in [7, 11) is 1.88. The van der Waals surface area contributed by atoms with Crippen LogP contribution >= 0.6 is 0 Å². The number of hydrogen-bond acceptors (Lipinski definition) is 2. The normalized spacial score (nSPS) is 27.0. The SMILES string of the molecule is COC1(C(N)CCC2CCCC2)CCCCCC1. The monoisotopic (exact) mass is 253 g/mol. The maximum atomic E-state index is 6.52. The highest BCUT2D eigenvalue weighted by Gasteiger charge is 2.37. The molecule has 0 aliphatic heterocycles. The fourth-order valence-electron chi connectivity index (χ4n) is 4.03. The minimum atomic E-state index is -0.00486. The second kappa shape index (κ2) is 6.91. The Morgan fingerprint density at radius 3 is 2.22 bits per heavy atom. The number of ether oxygens (including phenoxy) is 1. The fourth-order valence-corrected chi connectivity index (χ4v) is 4.03. The van der Waals surface area contributed by atoms with Crippen molar-refractivity contribution in [1.29, 1.82) is 0 Å². The first-order valence-electron chi connectivity index (χ1n) is 8.07. The van der Waals surface area contributed by atoms with Crippen molar-refractivity contribution in [3.8, 4) is 0 Å². The molecule has 0 aromatic heterocycles. The van der Waals surface area contributed by atoms with Crippen LogP contribution in [0.1, 0.15) is 77.0 Å². The van der Waals surface area contributed by atoms with E-state index in [4.69, 9.17) is 10.5 Å². The van der Waals surface area contributed by atoms with Crippen LogP contribution in [0.3, 0.4) is 0 Å². The molecule has 0 radical (unpaired) electrons. The van der Waals surface area contributed by atoms with Crippen LogP contribution in [-0.2, 0) is 4.74 Å². The third-order valence-corrected chi connectivity index (χ3v) is 5.39. The Balaban J connectivity index is 1.84. The topological polar surface area (TPSA) is 35.2 Å². The molecule has 0 saturated heterocycles. The van der Waals surface area contributed by atoms with Crippen molar-refractivity contribution in [2.24, 2.45) is 11.7 Å². The molecule has 0 bridgehead atoms. The second-order valence-corrected chi connectivity index (χ2v) is 6.52. The maximum absolute atomic E-state index is 6.52. The van der Waals surface area contributed by atoms with Crippen LogP contribution in [0.2, 0.25) is 0 Å². The van der Waals surface area contributed by atoms with Gasteiger partial charge in [-0.1, -0.05) is 51.4 Å². The molecule has 0 aromatic carbocycles. The second-order valence-electron chi connectivity index (χ2n) is 6.52. The van der Waals surface area contributed by atoms with E-state index < -0.39 is 0 Å². The Bertz CT molecular complexity index is 227. The third-order valence-electron chi connectivity index (χ3n) is 5.39. The van der Waals surface area contributed by atoms with E-state index in [1.54, 1.807) is 0 Å². The van der Waals surface area contributed by atoms with Gasteiger partial charge in [-0.2, -0.15) is 0 Å². The summed E-state index contributed by atoms with van der Waals surface area (Å²) in [5, 5.41) is 0. The van der Waals surface area contributed by atoms with Crippen LogP contribution in [0.5, 0.6) is 0 Å². The predicted octanol–water partition coefficient (Wildman–Crippen LogP) is 4.02. The van der Waals surface area contributed by atoms with E-state index in [1.165, 1.54) is 77.0 Å². The van der Waals surface area contributed by atoms with Crippen molar-refractivity contribution >= 4 is 0 Å². The molecule has 0 aromatic rings. The molecule has 18 heavy (non-hydrogen) atoms. The minimum absolute atomic E-state index is 0.00486.